The first kappa shape index (κ1) is 19.5. The van der Waals surface area contributed by atoms with Crippen molar-refractivity contribution in [3.05, 3.63) is 77.9 Å². The van der Waals surface area contributed by atoms with Gasteiger partial charge in [0.05, 0.1) is 13.7 Å². The number of rotatable bonds is 7. The highest BCUT2D eigenvalue weighted by Crippen LogP contribution is 2.23. The van der Waals surface area contributed by atoms with Crippen molar-refractivity contribution in [1.82, 2.24) is 14.7 Å². The number of ether oxygens (including phenoxy) is 1. The summed E-state index contributed by atoms with van der Waals surface area (Å²) in [6.07, 6.45) is 6.02. The van der Waals surface area contributed by atoms with Gasteiger partial charge in [-0.05, 0) is 67.4 Å². The van der Waals surface area contributed by atoms with Gasteiger partial charge in [0.1, 0.15) is 11.6 Å². The maximum atomic E-state index is 13.1. The molecule has 3 aromatic rings. The second-order valence-electron chi connectivity index (χ2n) is 7.58. The van der Waals surface area contributed by atoms with Gasteiger partial charge < -0.3 is 10.1 Å². The fraction of sp³-hybridized carbons (Fsp3) is 0.348. The third kappa shape index (κ3) is 5.15. The standard InChI is InChI=1S/C23H27FN4O/c1-29-23-10-5-18(14-19(23)16-28-13-3-11-25-28)15-27-12-2-4-22(17-27)26-21-8-6-20(24)7-9-21/h3,5-11,13-14,22,26H,2,4,12,15-17H2,1H3. The molecule has 0 spiro atoms. The predicted octanol–water partition coefficient (Wildman–Crippen LogP) is 4.16. The molecule has 5 nitrogen and oxygen atoms in total. The summed E-state index contributed by atoms with van der Waals surface area (Å²) in [5, 5.41) is 7.85. The highest BCUT2D eigenvalue weighted by Gasteiger charge is 2.20. The van der Waals surface area contributed by atoms with Crippen molar-refractivity contribution in [3.8, 4) is 5.75 Å². The van der Waals surface area contributed by atoms with Crippen LogP contribution in [0.15, 0.2) is 60.9 Å². The zero-order chi connectivity index (χ0) is 20.1. The summed E-state index contributed by atoms with van der Waals surface area (Å²) in [7, 11) is 1.71. The van der Waals surface area contributed by atoms with E-state index in [0.717, 1.165) is 49.5 Å². The van der Waals surface area contributed by atoms with E-state index in [0.29, 0.717) is 12.6 Å². The minimum atomic E-state index is -0.203. The van der Waals surface area contributed by atoms with E-state index in [1.165, 1.54) is 17.7 Å². The molecule has 29 heavy (non-hydrogen) atoms. The van der Waals surface area contributed by atoms with Gasteiger partial charge >= 0.3 is 0 Å². The number of aromatic nitrogens is 2. The third-order valence-electron chi connectivity index (χ3n) is 5.36. The van der Waals surface area contributed by atoms with Gasteiger partial charge in [0, 0.05) is 42.8 Å². The maximum absolute atomic E-state index is 13.1. The lowest BCUT2D eigenvalue weighted by atomic mass is 10.0. The zero-order valence-electron chi connectivity index (χ0n) is 16.7. The van der Waals surface area contributed by atoms with Gasteiger partial charge in [-0.25, -0.2) is 4.39 Å². The van der Waals surface area contributed by atoms with Crippen LogP contribution in [0.3, 0.4) is 0 Å². The Bertz CT molecular complexity index is 911. The fourth-order valence-electron chi connectivity index (χ4n) is 3.98. The molecule has 6 heteroatoms. The first-order chi connectivity index (χ1) is 14.2. The molecule has 1 N–H and O–H groups in total. The average Bonchev–Trinajstić information content (AvgIpc) is 3.23. The normalized spacial score (nSPS) is 17.2. The smallest absolute Gasteiger partial charge is 0.123 e. The van der Waals surface area contributed by atoms with Crippen molar-refractivity contribution in [2.75, 3.05) is 25.5 Å². The number of likely N-dealkylation sites (tertiary alicyclic amines) is 1. The van der Waals surface area contributed by atoms with E-state index in [1.54, 1.807) is 25.4 Å². The van der Waals surface area contributed by atoms with E-state index in [9.17, 15) is 4.39 Å². The number of halogens is 1. The Balaban J connectivity index is 1.40. The Morgan fingerprint density at radius 1 is 1.17 bits per heavy atom. The molecule has 2 aromatic carbocycles. The summed E-state index contributed by atoms with van der Waals surface area (Å²) in [6, 6.07) is 15.3. The van der Waals surface area contributed by atoms with Gasteiger partial charge in [0.15, 0.2) is 0 Å². The molecule has 1 aliphatic heterocycles. The Morgan fingerprint density at radius 2 is 2.03 bits per heavy atom. The van der Waals surface area contributed by atoms with Gasteiger partial charge in [-0.2, -0.15) is 5.10 Å². The lowest BCUT2D eigenvalue weighted by molar-refractivity contribution is 0.208. The van der Waals surface area contributed by atoms with Gasteiger partial charge in [0.2, 0.25) is 0 Å². The van der Waals surface area contributed by atoms with Crippen molar-refractivity contribution in [1.29, 1.82) is 0 Å². The fourth-order valence-corrected chi connectivity index (χ4v) is 3.98. The summed E-state index contributed by atoms with van der Waals surface area (Å²) in [5.41, 5.74) is 3.38. The molecular weight excluding hydrogens is 367 g/mol. The van der Waals surface area contributed by atoms with Crippen LogP contribution in [0.25, 0.3) is 0 Å². The van der Waals surface area contributed by atoms with Gasteiger partial charge in [-0.3, -0.25) is 9.58 Å². The number of hydrogen-bond donors (Lipinski definition) is 1. The number of nitrogens with zero attached hydrogens (tertiary/aromatic N) is 3. The summed E-state index contributed by atoms with van der Waals surface area (Å²) < 4.78 is 20.6. The first-order valence-electron chi connectivity index (χ1n) is 10.1. The molecule has 1 saturated heterocycles. The monoisotopic (exact) mass is 394 g/mol. The first-order valence-corrected chi connectivity index (χ1v) is 10.1. The van der Waals surface area contributed by atoms with Crippen molar-refractivity contribution >= 4 is 5.69 Å². The molecule has 1 aliphatic rings. The number of nitrogens with one attached hydrogen (secondary N) is 1. The largest absolute Gasteiger partial charge is 0.496 e. The molecule has 1 aromatic heterocycles. The highest BCUT2D eigenvalue weighted by molar-refractivity contribution is 5.44. The molecule has 1 atom stereocenters. The number of piperidine rings is 1. The molecule has 1 fully saturated rings. The van der Waals surface area contributed by atoms with Crippen LogP contribution in [0.5, 0.6) is 5.75 Å². The van der Waals surface area contributed by atoms with Crippen LogP contribution in [0.4, 0.5) is 10.1 Å². The minimum Gasteiger partial charge on any atom is -0.496 e. The van der Waals surface area contributed by atoms with Gasteiger partial charge in [-0.1, -0.05) is 6.07 Å². The summed E-state index contributed by atoms with van der Waals surface area (Å²) in [5.74, 6) is 0.685. The number of anilines is 1. The lowest BCUT2D eigenvalue weighted by Crippen LogP contribution is -2.41. The van der Waals surface area contributed by atoms with Crippen LogP contribution in [0, 0.1) is 5.82 Å². The minimum absolute atomic E-state index is 0.203. The molecule has 0 saturated carbocycles. The van der Waals surface area contributed by atoms with E-state index in [-0.39, 0.29) is 5.82 Å². The van der Waals surface area contributed by atoms with Crippen LogP contribution in [0.1, 0.15) is 24.0 Å². The Hall–Kier alpha value is -2.86. The Labute approximate surface area is 171 Å². The topological polar surface area (TPSA) is 42.3 Å². The van der Waals surface area contributed by atoms with E-state index >= 15 is 0 Å². The van der Waals surface area contributed by atoms with Crippen molar-refractivity contribution in [2.45, 2.75) is 32.0 Å². The number of hydrogen-bond acceptors (Lipinski definition) is 4. The van der Waals surface area contributed by atoms with Crippen LogP contribution < -0.4 is 10.1 Å². The third-order valence-corrected chi connectivity index (χ3v) is 5.36. The quantitative estimate of drug-likeness (QED) is 0.654. The van der Waals surface area contributed by atoms with Crippen LogP contribution in [0.2, 0.25) is 0 Å². The zero-order valence-corrected chi connectivity index (χ0v) is 16.7. The van der Waals surface area contributed by atoms with Crippen molar-refractivity contribution in [2.24, 2.45) is 0 Å². The molecular formula is C23H27FN4O. The number of methoxy groups -OCH3 is 1. The summed E-state index contributed by atoms with van der Waals surface area (Å²) in [4.78, 5) is 2.48. The molecule has 0 aliphatic carbocycles. The van der Waals surface area contributed by atoms with Gasteiger partial charge in [-0.15, -0.1) is 0 Å². The van der Waals surface area contributed by atoms with Crippen molar-refractivity contribution < 1.29 is 9.13 Å². The molecule has 1 unspecified atom stereocenters. The molecule has 0 radical (unpaired) electrons. The maximum Gasteiger partial charge on any atom is 0.123 e. The highest BCUT2D eigenvalue weighted by atomic mass is 19.1. The Morgan fingerprint density at radius 3 is 2.79 bits per heavy atom. The Kier molecular flexibility index (Phi) is 6.10. The van der Waals surface area contributed by atoms with E-state index in [1.807, 2.05) is 23.0 Å². The van der Waals surface area contributed by atoms with E-state index in [4.69, 9.17) is 4.74 Å². The van der Waals surface area contributed by atoms with E-state index < -0.39 is 0 Å². The molecule has 4 rings (SSSR count). The molecule has 0 bridgehead atoms. The van der Waals surface area contributed by atoms with Crippen LogP contribution in [-0.4, -0.2) is 40.9 Å². The van der Waals surface area contributed by atoms with Crippen molar-refractivity contribution in [3.63, 3.8) is 0 Å². The second-order valence-corrected chi connectivity index (χ2v) is 7.58. The number of benzene rings is 2. The molecule has 0 amide bonds. The molecule has 2 heterocycles. The summed E-state index contributed by atoms with van der Waals surface area (Å²) >= 11 is 0. The van der Waals surface area contributed by atoms with E-state index in [2.05, 4.69) is 27.4 Å². The predicted molar refractivity (Wildman–Crippen MR) is 113 cm³/mol. The second kappa shape index (κ2) is 9.09. The molecule has 152 valence electrons. The SMILES string of the molecule is COc1ccc(CN2CCCC(Nc3ccc(F)cc3)C2)cc1Cn1cccn1. The lowest BCUT2D eigenvalue weighted by Gasteiger charge is -2.33. The van der Waals surface area contributed by atoms with Crippen LogP contribution >= 0.6 is 0 Å². The van der Waals surface area contributed by atoms with Crippen LogP contribution in [-0.2, 0) is 13.1 Å². The summed E-state index contributed by atoms with van der Waals surface area (Å²) in [6.45, 7) is 3.65. The van der Waals surface area contributed by atoms with Gasteiger partial charge in [0.25, 0.3) is 0 Å². The average molecular weight is 394 g/mol.